The molecule has 4 nitrogen and oxygen atoms in total. The molecule has 0 aliphatic heterocycles. The molecule has 0 saturated heterocycles. The summed E-state index contributed by atoms with van der Waals surface area (Å²) in [4.78, 5) is 16.8. The molecule has 0 fully saturated rings. The van der Waals surface area contributed by atoms with Gasteiger partial charge in [-0.25, -0.2) is 4.98 Å². The van der Waals surface area contributed by atoms with Crippen LogP contribution in [-0.4, -0.2) is 10.9 Å². The number of hydrogen-bond acceptors (Lipinski definition) is 3. The maximum Gasteiger partial charge on any atom is 0.259 e. The Morgan fingerprint density at radius 1 is 0.958 bits per heavy atom. The minimum atomic E-state index is -0.194. The Hall–Kier alpha value is -2.66. The largest absolute Gasteiger partial charge is 0.365 e. The van der Waals surface area contributed by atoms with E-state index in [1.165, 1.54) is 0 Å². The van der Waals surface area contributed by atoms with Gasteiger partial charge in [0.15, 0.2) is 0 Å². The second-order valence-electron chi connectivity index (χ2n) is 5.20. The Morgan fingerprint density at radius 3 is 2.46 bits per heavy atom. The van der Waals surface area contributed by atoms with Gasteiger partial charge in [0.1, 0.15) is 5.82 Å². The van der Waals surface area contributed by atoms with E-state index in [0.717, 1.165) is 15.7 Å². The van der Waals surface area contributed by atoms with Crippen molar-refractivity contribution in [1.82, 2.24) is 4.98 Å². The molecule has 120 valence electrons. The quantitative estimate of drug-likeness (QED) is 0.672. The van der Waals surface area contributed by atoms with Crippen LogP contribution in [0.25, 0.3) is 0 Å². The van der Waals surface area contributed by atoms with Gasteiger partial charge in [-0.15, -0.1) is 0 Å². The van der Waals surface area contributed by atoms with Crippen molar-refractivity contribution in [3.8, 4) is 0 Å². The lowest BCUT2D eigenvalue weighted by Gasteiger charge is -2.11. The highest BCUT2D eigenvalue weighted by Crippen LogP contribution is 2.18. The summed E-state index contributed by atoms with van der Waals surface area (Å²) in [5, 5.41) is 6.11. The minimum Gasteiger partial charge on any atom is -0.365 e. The first-order valence-corrected chi connectivity index (χ1v) is 8.31. The summed E-state index contributed by atoms with van der Waals surface area (Å²) in [5.74, 6) is 0.372. The zero-order valence-electron chi connectivity index (χ0n) is 12.9. The molecule has 0 radical (unpaired) electrons. The first-order chi connectivity index (χ1) is 11.7. The van der Waals surface area contributed by atoms with Gasteiger partial charge in [-0.05, 0) is 42.0 Å². The Morgan fingerprint density at radius 2 is 1.71 bits per heavy atom. The van der Waals surface area contributed by atoms with Gasteiger partial charge in [-0.2, -0.15) is 0 Å². The fraction of sp³-hybridized carbons (Fsp3) is 0.0526. The van der Waals surface area contributed by atoms with Crippen molar-refractivity contribution in [2.75, 3.05) is 10.6 Å². The molecule has 2 aromatic carbocycles. The van der Waals surface area contributed by atoms with Crippen molar-refractivity contribution in [2.24, 2.45) is 0 Å². The van der Waals surface area contributed by atoms with Crippen LogP contribution >= 0.6 is 15.9 Å². The number of carbonyl (C=O) groups excluding carboxylic acids is 1. The molecule has 0 unspecified atom stereocenters. The Balaban J connectivity index is 1.73. The third kappa shape index (κ3) is 4.20. The minimum absolute atomic E-state index is 0.194. The van der Waals surface area contributed by atoms with E-state index in [1.54, 1.807) is 18.3 Å². The topological polar surface area (TPSA) is 54.0 Å². The van der Waals surface area contributed by atoms with E-state index in [4.69, 9.17) is 0 Å². The predicted molar refractivity (Wildman–Crippen MR) is 100 cm³/mol. The molecule has 24 heavy (non-hydrogen) atoms. The molecule has 1 heterocycles. The molecule has 0 saturated carbocycles. The Kier molecular flexibility index (Phi) is 5.23. The van der Waals surface area contributed by atoms with Crippen molar-refractivity contribution in [3.05, 3.63) is 88.5 Å². The molecule has 3 rings (SSSR count). The van der Waals surface area contributed by atoms with E-state index >= 15 is 0 Å². The maximum absolute atomic E-state index is 12.5. The van der Waals surface area contributed by atoms with E-state index in [0.29, 0.717) is 17.9 Å². The molecule has 0 aliphatic rings. The monoisotopic (exact) mass is 381 g/mol. The number of carbonyl (C=O) groups is 1. The molecule has 0 bridgehead atoms. The average Bonchev–Trinajstić information content (AvgIpc) is 2.63. The highest BCUT2D eigenvalue weighted by Gasteiger charge is 2.12. The molecular formula is C19H16BrN3O. The normalized spacial score (nSPS) is 10.2. The number of nitrogens with zero attached hydrogens (tertiary/aromatic N) is 1. The van der Waals surface area contributed by atoms with Crippen LogP contribution in [0.15, 0.2) is 77.4 Å². The third-order valence-corrected chi connectivity index (χ3v) is 3.99. The molecule has 3 aromatic rings. The van der Waals surface area contributed by atoms with E-state index in [9.17, 15) is 4.79 Å². The summed E-state index contributed by atoms with van der Waals surface area (Å²) >= 11 is 3.38. The number of halogens is 1. The maximum atomic E-state index is 12.5. The first kappa shape index (κ1) is 16.2. The van der Waals surface area contributed by atoms with Crippen molar-refractivity contribution >= 4 is 33.3 Å². The van der Waals surface area contributed by atoms with E-state index in [1.807, 2.05) is 54.6 Å². The number of benzene rings is 2. The molecule has 1 amide bonds. The zero-order chi connectivity index (χ0) is 16.8. The van der Waals surface area contributed by atoms with Gasteiger partial charge in [-0.1, -0.05) is 46.3 Å². The van der Waals surface area contributed by atoms with Gasteiger partial charge in [0.05, 0.1) is 5.56 Å². The van der Waals surface area contributed by atoms with E-state index in [-0.39, 0.29) is 5.91 Å². The van der Waals surface area contributed by atoms with Crippen molar-refractivity contribution in [3.63, 3.8) is 0 Å². The highest BCUT2D eigenvalue weighted by atomic mass is 79.9. The van der Waals surface area contributed by atoms with Gasteiger partial charge < -0.3 is 10.6 Å². The van der Waals surface area contributed by atoms with E-state index in [2.05, 4.69) is 31.5 Å². The van der Waals surface area contributed by atoms with Crippen LogP contribution in [0.1, 0.15) is 15.9 Å². The predicted octanol–water partition coefficient (Wildman–Crippen LogP) is 4.71. The number of amides is 1. The number of pyridine rings is 1. The van der Waals surface area contributed by atoms with Gasteiger partial charge >= 0.3 is 0 Å². The van der Waals surface area contributed by atoms with Crippen LogP contribution in [0.2, 0.25) is 0 Å². The number of aromatic nitrogens is 1. The van der Waals surface area contributed by atoms with Gasteiger partial charge in [0.25, 0.3) is 5.91 Å². The fourth-order valence-corrected chi connectivity index (χ4v) is 2.51. The van der Waals surface area contributed by atoms with Gasteiger partial charge in [0.2, 0.25) is 0 Å². The summed E-state index contributed by atoms with van der Waals surface area (Å²) in [6, 6.07) is 21.0. The summed E-state index contributed by atoms with van der Waals surface area (Å²) < 4.78 is 0.965. The molecule has 0 spiro atoms. The smallest absolute Gasteiger partial charge is 0.259 e. The van der Waals surface area contributed by atoms with E-state index < -0.39 is 0 Å². The summed E-state index contributed by atoms with van der Waals surface area (Å²) in [5.41, 5.74) is 2.37. The summed E-state index contributed by atoms with van der Waals surface area (Å²) in [7, 11) is 0. The highest BCUT2D eigenvalue weighted by molar-refractivity contribution is 9.10. The molecular weight excluding hydrogens is 366 g/mol. The van der Waals surface area contributed by atoms with Crippen LogP contribution in [0.3, 0.4) is 0 Å². The molecule has 1 aromatic heterocycles. The second kappa shape index (κ2) is 7.75. The number of anilines is 2. The standard InChI is InChI=1S/C19H16BrN3O/c20-15-8-10-16(11-9-15)23-19(24)17-7-4-12-21-18(17)22-13-14-5-2-1-3-6-14/h1-12H,13H2,(H,21,22)(H,23,24). The first-order valence-electron chi connectivity index (χ1n) is 7.52. The Labute approximate surface area is 149 Å². The van der Waals surface area contributed by atoms with Crippen LogP contribution in [0.5, 0.6) is 0 Å². The average molecular weight is 382 g/mol. The van der Waals surface area contributed by atoms with Crippen LogP contribution in [-0.2, 0) is 6.54 Å². The molecule has 2 N–H and O–H groups in total. The van der Waals surface area contributed by atoms with Crippen LogP contribution in [0, 0.1) is 0 Å². The van der Waals surface area contributed by atoms with Crippen LogP contribution < -0.4 is 10.6 Å². The van der Waals surface area contributed by atoms with Gasteiger partial charge in [0, 0.05) is 22.9 Å². The summed E-state index contributed by atoms with van der Waals surface area (Å²) in [6.07, 6.45) is 1.67. The number of nitrogens with one attached hydrogen (secondary N) is 2. The SMILES string of the molecule is O=C(Nc1ccc(Br)cc1)c1cccnc1NCc1ccccc1. The lowest BCUT2D eigenvalue weighted by Crippen LogP contribution is -2.15. The lowest BCUT2D eigenvalue weighted by atomic mass is 10.2. The second-order valence-corrected chi connectivity index (χ2v) is 6.12. The molecule has 5 heteroatoms. The van der Waals surface area contributed by atoms with Crippen molar-refractivity contribution < 1.29 is 4.79 Å². The summed E-state index contributed by atoms with van der Waals surface area (Å²) in [6.45, 7) is 0.608. The third-order valence-electron chi connectivity index (χ3n) is 3.46. The number of hydrogen-bond donors (Lipinski definition) is 2. The van der Waals surface area contributed by atoms with Gasteiger partial charge in [-0.3, -0.25) is 4.79 Å². The lowest BCUT2D eigenvalue weighted by molar-refractivity contribution is 0.102. The van der Waals surface area contributed by atoms with Crippen molar-refractivity contribution in [2.45, 2.75) is 6.54 Å². The molecule has 0 aliphatic carbocycles. The van der Waals surface area contributed by atoms with Crippen LogP contribution in [0.4, 0.5) is 11.5 Å². The van der Waals surface area contributed by atoms with Crippen molar-refractivity contribution in [1.29, 1.82) is 0 Å². The zero-order valence-corrected chi connectivity index (χ0v) is 14.5. The molecule has 0 atom stereocenters. The number of rotatable bonds is 5. The fourth-order valence-electron chi connectivity index (χ4n) is 2.24. The Bertz CT molecular complexity index is 820.